The zero-order valence-electron chi connectivity index (χ0n) is 19.5. The molecular formula is C27H26FN5O3. The summed E-state index contributed by atoms with van der Waals surface area (Å²) in [4.78, 5) is 28.4. The average molecular weight is 488 g/mol. The van der Waals surface area contributed by atoms with Crippen molar-refractivity contribution in [2.45, 2.75) is 25.3 Å². The van der Waals surface area contributed by atoms with E-state index in [1.54, 1.807) is 35.3 Å². The second-order valence-electron chi connectivity index (χ2n) is 8.16. The molecule has 0 aliphatic carbocycles. The van der Waals surface area contributed by atoms with Crippen molar-refractivity contribution in [3.63, 3.8) is 0 Å². The number of benzene rings is 2. The Labute approximate surface area is 207 Å². The number of aromatic nitrogens is 3. The van der Waals surface area contributed by atoms with Crippen LogP contribution in [0.1, 0.15) is 18.4 Å². The van der Waals surface area contributed by atoms with Crippen LogP contribution in [0.4, 0.5) is 4.39 Å². The number of carbonyl (C=O) groups excluding carboxylic acids is 2. The van der Waals surface area contributed by atoms with Gasteiger partial charge in [0.25, 0.3) is 0 Å². The van der Waals surface area contributed by atoms with Gasteiger partial charge in [-0.3, -0.25) is 14.6 Å². The maximum atomic E-state index is 13.4. The van der Waals surface area contributed by atoms with E-state index in [0.29, 0.717) is 30.1 Å². The summed E-state index contributed by atoms with van der Waals surface area (Å²) >= 11 is 0. The Bertz CT molecular complexity index is 1290. The second kappa shape index (κ2) is 11.7. The quantitative estimate of drug-likeness (QED) is 0.315. The molecule has 0 unspecified atom stereocenters. The van der Waals surface area contributed by atoms with Crippen LogP contribution in [0.5, 0.6) is 5.88 Å². The zero-order valence-corrected chi connectivity index (χ0v) is 19.5. The molecule has 0 aliphatic rings. The molecule has 1 atom stereocenters. The van der Waals surface area contributed by atoms with Gasteiger partial charge in [-0.25, -0.2) is 9.07 Å². The van der Waals surface area contributed by atoms with E-state index in [2.05, 4.69) is 15.4 Å². The molecule has 8 nitrogen and oxygen atoms in total. The Kier molecular flexibility index (Phi) is 8.02. The van der Waals surface area contributed by atoms with Gasteiger partial charge in [-0.05, 0) is 48.4 Å². The van der Waals surface area contributed by atoms with E-state index in [1.807, 2.05) is 42.5 Å². The monoisotopic (exact) mass is 487 g/mol. The Morgan fingerprint density at radius 2 is 1.83 bits per heavy atom. The van der Waals surface area contributed by atoms with Crippen molar-refractivity contribution in [2.24, 2.45) is 5.73 Å². The molecule has 4 rings (SSSR count). The molecule has 0 saturated carbocycles. The molecule has 184 valence electrons. The van der Waals surface area contributed by atoms with Gasteiger partial charge in [-0.1, -0.05) is 30.3 Å². The number of primary amides is 1. The van der Waals surface area contributed by atoms with Gasteiger partial charge in [0.15, 0.2) is 0 Å². The third-order valence-corrected chi connectivity index (χ3v) is 5.46. The maximum Gasteiger partial charge on any atom is 0.240 e. The number of hydrogen-bond donors (Lipinski definition) is 2. The smallest absolute Gasteiger partial charge is 0.240 e. The predicted octanol–water partition coefficient (Wildman–Crippen LogP) is 3.45. The first-order chi connectivity index (χ1) is 17.5. The number of pyridine rings is 1. The van der Waals surface area contributed by atoms with E-state index in [0.717, 1.165) is 11.1 Å². The topological polar surface area (TPSA) is 112 Å². The number of ether oxygens (including phenoxy) is 1. The molecule has 0 saturated heterocycles. The summed E-state index contributed by atoms with van der Waals surface area (Å²) in [5.41, 5.74) is 8.46. The predicted molar refractivity (Wildman–Crippen MR) is 133 cm³/mol. The lowest BCUT2D eigenvalue weighted by molar-refractivity contribution is -0.127. The third-order valence-electron chi connectivity index (χ3n) is 5.46. The molecule has 2 aromatic carbocycles. The van der Waals surface area contributed by atoms with Crippen molar-refractivity contribution < 1.29 is 18.7 Å². The summed E-state index contributed by atoms with van der Waals surface area (Å²) in [7, 11) is 0. The van der Waals surface area contributed by atoms with E-state index in [-0.39, 0.29) is 24.8 Å². The SMILES string of the molecule is NC(=O)[C@H](Cc1ccccc1)NC(=O)CCCOc1cc(-c2cccnc2)nn1-c1ccc(F)cc1. The highest BCUT2D eigenvalue weighted by Crippen LogP contribution is 2.26. The lowest BCUT2D eigenvalue weighted by Crippen LogP contribution is -2.45. The van der Waals surface area contributed by atoms with Crippen LogP contribution in [-0.2, 0) is 16.0 Å². The molecule has 36 heavy (non-hydrogen) atoms. The van der Waals surface area contributed by atoms with Crippen molar-refractivity contribution >= 4 is 11.8 Å². The maximum absolute atomic E-state index is 13.4. The Hall–Kier alpha value is -4.53. The average Bonchev–Trinajstić information content (AvgIpc) is 3.32. The number of carbonyl (C=O) groups is 2. The van der Waals surface area contributed by atoms with Gasteiger partial charge < -0.3 is 15.8 Å². The van der Waals surface area contributed by atoms with E-state index in [4.69, 9.17) is 10.5 Å². The summed E-state index contributed by atoms with van der Waals surface area (Å²) in [6.07, 6.45) is 4.24. The van der Waals surface area contributed by atoms with Crippen LogP contribution in [0.15, 0.2) is 85.2 Å². The highest BCUT2D eigenvalue weighted by Gasteiger charge is 2.19. The summed E-state index contributed by atoms with van der Waals surface area (Å²) in [5.74, 6) is -0.788. The molecule has 3 N–H and O–H groups in total. The van der Waals surface area contributed by atoms with Gasteiger partial charge in [0.2, 0.25) is 17.7 Å². The number of nitrogens with zero attached hydrogens (tertiary/aromatic N) is 3. The first-order valence-corrected chi connectivity index (χ1v) is 11.5. The van der Waals surface area contributed by atoms with Crippen molar-refractivity contribution in [3.8, 4) is 22.8 Å². The van der Waals surface area contributed by atoms with Gasteiger partial charge in [0, 0.05) is 36.9 Å². The number of halogens is 1. The van der Waals surface area contributed by atoms with E-state index >= 15 is 0 Å². The minimum Gasteiger partial charge on any atom is -0.478 e. The van der Waals surface area contributed by atoms with E-state index in [9.17, 15) is 14.0 Å². The van der Waals surface area contributed by atoms with Crippen LogP contribution in [0.2, 0.25) is 0 Å². The van der Waals surface area contributed by atoms with Crippen molar-refractivity contribution in [1.29, 1.82) is 0 Å². The number of nitrogens with one attached hydrogen (secondary N) is 1. The number of rotatable bonds is 11. The Morgan fingerprint density at radius 1 is 1.06 bits per heavy atom. The Balaban J connectivity index is 1.37. The molecule has 0 aliphatic heterocycles. The lowest BCUT2D eigenvalue weighted by Gasteiger charge is -2.15. The standard InChI is InChI=1S/C27H26FN5O3/c28-21-10-12-22(13-11-21)33-26(17-23(32-33)20-8-4-14-30-18-20)36-15-5-9-25(34)31-24(27(29)35)16-19-6-2-1-3-7-19/h1-4,6-8,10-14,17-18,24H,5,9,15-16H2,(H2,29,35)(H,31,34)/t24-/m0/s1. The fourth-order valence-corrected chi connectivity index (χ4v) is 3.64. The molecule has 2 amide bonds. The van der Waals surface area contributed by atoms with Crippen LogP contribution >= 0.6 is 0 Å². The normalized spacial score (nSPS) is 11.6. The van der Waals surface area contributed by atoms with E-state index < -0.39 is 11.9 Å². The van der Waals surface area contributed by atoms with Crippen molar-refractivity contribution in [2.75, 3.05) is 6.61 Å². The summed E-state index contributed by atoms with van der Waals surface area (Å²) in [6.45, 7) is 0.229. The molecule has 0 bridgehead atoms. The number of hydrogen-bond acceptors (Lipinski definition) is 5. The molecule has 2 aromatic heterocycles. The highest BCUT2D eigenvalue weighted by molar-refractivity contribution is 5.86. The first kappa shape index (κ1) is 24.6. The molecule has 9 heteroatoms. The molecule has 2 heterocycles. The van der Waals surface area contributed by atoms with Gasteiger partial charge in [0.1, 0.15) is 11.9 Å². The molecule has 0 spiro atoms. The minimum atomic E-state index is -0.789. The highest BCUT2D eigenvalue weighted by atomic mass is 19.1. The van der Waals surface area contributed by atoms with Crippen LogP contribution in [0, 0.1) is 5.82 Å². The van der Waals surface area contributed by atoms with Gasteiger partial charge >= 0.3 is 0 Å². The summed E-state index contributed by atoms with van der Waals surface area (Å²) in [5, 5.41) is 7.29. The van der Waals surface area contributed by atoms with E-state index in [1.165, 1.54) is 12.1 Å². The second-order valence-corrected chi connectivity index (χ2v) is 8.16. The summed E-state index contributed by atoms with van der Waals surface area (Å²) in [6, 6.07) is 19.9. The summed E-state index contributed by atoms with van der Waals surface area (Å²) < 4.78 is 20.9. The van der Waals surface area contributed by atoms with Crippen molar-refractivity contribution in [3.05, 3.63) is 96.6 Å². The minimum absolute atomic E-state index is 0.152. The first-order valence-electron chi connectivity index (χ1n) is 11.5. The Morgan fingerprint density at radius 3 is 2.53 bits per heavy atom. The van der Waals surface area contributed by atoms with Crippen LogP contribution in [0.3, 0.4) is 0 Å². The fraction of sp³-hybridized carbons (Fsp3) is 0.185. The number of nitrogens with two attached hydrogens (primary N) is 1. The number of amides is 2. The van der Waals surface area contributed by atoms with Gasteiger partial charge in [-0.2, -0.15) is 5.10 Å². The van der Waals surface area contributed by atoms with Crippen LogP contribution in [0.25, 0.3) is 16.9 Å². The third kappa shape index (κ3) is 6.53. The van der Waals surface area contributed by atoms with Crippen molar-refractivity contribution in [1.82, 2.24) is 20.1 Å². The lowest BCUT2D eigenvalue weighted by atomic mass is 10.1. The largest absolute Gasteiger partial charge is 0.478 e. The van der Waals surface area contributed by atoms with Crippen LogP contribution < -0.4 is 15.8 Å². The fourth-order valence-electron chi connectivity index (χ4n) is 3.64. The molecular weight excluding hydrogens is 461 g/mol. The zero-order chi connectivity index (χ0) is 25.3. The van der Waals surface area contributed by atoms with Gasteiger partial charge in [-0.15, -0.1) is 0 Å². The molecule has 0 radical (unpaired) electrons. The van der Waals surface area contributed by atoms with Gasteiger partial charge in [0.05, 0.1) is 18.0 Å². The molecule has 4 aromatic rings. The van der Waals surface area contributed by atoms with Crippen LogP contribution in [-0.4, -0.2) is 39.2 Å². The molecule has 0 fully saturated rings.